The quantitative estimate of drug-likeness (QED) is 0.726. The maximum atomic E-state index is 9.23. The number of benzene rings is 1. The van der Waals surface area contributed by atoms with Gasteiger partial charge in [0.2, 0.25) is 0 Å². The molecule has 70 valence electrons. The minimum atomic E-state index is -0.197. The van der Waals surface area contributed by atoms with Gasteiger partial charge in [0.25, 0.3) is 0 Å². The third-order valence-corrected chi connectivity index (χ3v) is 3.07. The van der Waals surface area contributed by atoms with Crippen LogP contribution in [0.4, 0.5) is 0 Å². The molecule has 3 heteroatoms. The van der Waals surface area contributed by atoms with Crippen LogP contribution in [-0.2, 0) is 5.54 Å². The third kappa shape index (κ3) is 1.40. The van der Waals surface area contributed by atoms with Crippen molar-refractivity contribution in [2.24, 2.45) is 5.73 Å². The van der Waals surface area contributed by atoms with Crippen molar-refractivity contribution in [3.05, 3.63) is 28.8 Å². The van der Waals surface area contributed by atoms with Gasteiger partial charge in [-0.05, 0) is 37.0 Å². The molecule has 0 aromatic heterocycles. The van der Waals surface area contributed by atoms with Crippen LogP contribution in [0.5, 0.6) is 5.75 Å². The fraction of sp³-hybridized carbons (Fsp3) is 0.400. The molecule has 0 bridgehead atoms. The molecule has 0 heterocycles. The lowest BCUT2D eigenvalue weighted by atomic mass is 9.73. The average molecular weight is 198 g/mol. The first-order valence-corrected chi connectivity index (χ1v) is 4.77. The fourth-order valence-electron chi connectivity index (χ4n) is 1.66. The molecule has 2 nitrogen and oxygen atoms in total. The highest BCUT2D eigenvalue weighted by Crippen LogP contribution is 2.40. The smallest absolute Gasteiger partial charge is 0.134 e. The summed E-state index contributed by atoms with van der Waals surface area (Å²) in [4.78, 5) is 0. The van der Waals surface area contributed by atoms with Crippen molar-refractivity contribution in [3.8, 4) is 5.75 Å². The van der Waals surface area contributed by atoms with Crippen LogP contribution >= 0.6 is 11.6 Å². The highest BCUT2D eigenvalue weighted by Gasteiger charge is 2.34. The first-order chi connectivity index (χ1) is 6.12. The molecule has 0 radical (unpaired) electrons. The molecule has 0 unspecified atom stereocenters. The lowest BCUT2D eigenvalue weighted by molar-refractivity contribution is 0.253. The summed E-state index contributed by atoms with van der Waals surface area (Å²) in [7, 11) is 0. The van der Waals surface area contributed by atoms with Gasteiger partial charge in [-0.3, -0.25) is 0 Å². The Labute approximate surface area is 82.3 Å². The molecule has 1 saturated carbocycles. The van der Waals surface area contributed by atoms with E-state index in [1.807, 2.05) is 6.07 Å². The van der Waals surface area contributed by atoms with Gasteiger partial charge < -0.3 is 10.8 Å². The van der Waals surface area contributed by atoms with Gasteiger partial charge in [-0.2, -0.15) is 0 Å². The van der Waals surface area contributed by atoms with Crippen LogP contribution in [0.25, 0.3) is 0 Å². The topological polar surface area (TPSA) is 46.2 Å². The molecule has 0 spiro atoms. The summed E-state index contributed by atoms with van der Waals surface area (Å²) in [6, 6.07) is 5.21. The van der Waals surface area contributed by atoms with Crippen molar-refractivity contribution in [1.82, 2.24) is 0 Å². The minimum absolute atomic E-state index is 0.119. The van der Waals surface area contributed by atoms with Crippen LogP contribution in [0.1, 0.15) is 24.8 Å². The Balaban J connectivity index is 2.36. The van der Waals surface area contributed by atoms with Crippen LogP contribution in [0, 0.1) is 0 Å². The molecule has 13 heavy (non-hydrogen) atoms. The number of aromatic hydroxyl groups is 1. The van der Waals surface area contributed by atoms with E-state index in [9.17, 15) is 5.11 Å². The van der Waals surface area contributed by atoms with E-state index in [2.05, 4.69) is 0 Å². The van der Waals surface area contributed by atoms with E-state index in [0.717, 1.165) is 18.4 Å². The zero-order valence-corrected chi connectivity index (χ0v) is 8.01. The molecule has 3 N–H and O–H groups in total. The van der Waals surface area contributed by atoms with Crippen molar-refractivity contribution in [1.29, 1.82) is 0 Å². The van der Waals surface area contributed by atoms with Crippen LogP contribution in [-0.4, -0.2) is 5.11 Å². The number of halogens is 1. The number of hydrogen-bond acceptors (Lipinski definition) is 2. The molecule has 0 aliphatic heterocycles. The first kappa shape index (κ1) is 8.85. The fourth-order valence-corrected chi connectivity index (χ4v) is 1.84. The third-order valence-electron chi connectivity index (χ3n) is 2.77. The summed E-state index contributed by atoms with van der Waals surface area (Å²) in [6.45, 7) is 0. The monoisotopic (exact) mass is 197 g/mol. The summed E-state index contributed by atoms with van der Waals surface area (Å²) in [5.74, 6) is 0.119. The number of phenols is 1. The SMILES string of the molecule is NC1(c2ccc(O)c(Cl)c2)CCC1. The second-order valence-electron chi connectivity index (χ2n) is 3.68. The first-order valence-electron chi connectivity index (χ1n) is 4.40. The van der Waals surface area contributed by atoms with Crippen molar-refractivity contribution in [2.75, 3.05) is 0 Å². The van der Waals surface area contributed by atoms with Crippen molar-refractivity contribution >= 4 is 11.6 Å². The second kappa shape index (κ2) is 2.89. The van der Waals surface area contributed by atoms with Crippen LogP contribution in [0.15, 0.2) is 18.2 Å². The summed E-state index contributed by atoms with van der Waals surface area (Å²) >= 11 is 5.80. The number of hydrogen-bond donors (Lipinski definition) is 2. The molecule has 0 saturated heterocycles. The van der Waals surface area contributed by atoms with E-state index in [1.165, 1.54) is 6.42 Å². The standard InChI is InChI=1S/C10H12ClNO/c11-8-6-7(2-3-9(8)13)10(12)4-1-5-10/h2-3,6,13H,1,4-5,12H2. The maximum Gasteiger partial charge on any atom is 0.134 e. The van der Waals surface area contributed by atoms with Gasteiger partial charge in [-0.1, -0.05) is 17.7 Å². The number of phenolic OH excluding ortho intramolecular Hbond substituents is 1. The Kier molecular flexibility index (Phi) is 1.97. The van der Waals surface area contributed by atoms with Crippen molar-refractivity contribution < 1.29 is 5.11 Å². The molecule has 1 aliphatic carbocycles. The van der Waals surface area contributed by atoms with Gasteiger partial charge in [0, 0.05) is 5.54 Å². The van der Waals surface area contributed by atoms with E-state index in [-0.39, 0.29) is 11.3 Å². The van der Waals surface area contributed by atoms with Gasteiger partial charge in [-0.25, -0.2) is 0 Å². The molecule has 2 rings (SSSR count). The Morgan fingerprint density at radius 1 is 1.38 bits per heavy atom. The molecule has 1 aliphatic rings. The zero-order valence-electron chi connectivity index (χ0n) is 7.26. The molecule has 1 aromatic carbocycles. The number of nitrogens with two attached hydrogens (primary N) is 1. The van der Waals surface area contributed by atoms with E-state index < -0.39 is 0 Å². The van der Waals surface area contributed by atoms with Gasteiger partial charge in [0.15, 0.2) is 0 Å². The molecule has 0 atom stereocenters. The van der Waals surface area contributed by atoms with Gasteiger partial charge in [0.05, 0.1) is 5.02 Å². The highest BCUT2D eigenvalue weighted by molar-refractivity contribution is 6.32. The van der Waals surface area contributed by atoms with E-state index >= 15 is 0 Å². The Hall–Kier alpha value is -0.730. The predicted octanol–water partition coefficient (Wildman–Crippen LogP) is 2.38. The lowest BCUT2D eigenvalue weighted by Crippen LogP contribution is -2.43. The highest BCUT2D eigenvalue weighted by atomic mass is 35.5. The second-order valence-corrected chi connectivity index (χ2v) is 4.08. The predicted molar refractivity (Wildman–Crippen MR) is 52.8 cm³/mol. The van der Waals surface area contributed by atoms with Crippen LogP contribution in [0.3, 0.4) is 0 Å². The van der Waals surface area contributed by atoms with Crippen molar-refractivity contribution in [2.45, 2.75) is 24.8 Å². The normalized spacial score (nSPS) is 19.5. The molecule has 1 aromatic rings. The molecular formula is C10H12ClNO. The molecule has 0 amide bonds. The Bertz CT molecular complexity index is 334. The Morgan fingerprint density at radius 2 is 2.08 bits per heavy atom. The van der Waals surface area contributed by atoms with E-state index in [1.54, 1.807) is 12.1 Å². The van der Waals surface area contributed by atoms with E-state index in [4.69, 9.17) is 17.3 Å². The Morgan fingerprint density at radius 3 is 2.54 bits per heavy atom. The summed E-state index contributed by atoms with van der Waals surface area (Å²) in [5, 5.41) is 9.61. The van der Waals surface area contributed by atoms with E-state index in [0.29, 0.717) is 5.02 Å². The summed E-state index contributed by atoms with van der Waals surface area (Å²) in [5.41, 5.74) is 6.93. The van der Waals surface area contributed by atoms with Gasteiger partial charge in [0.1, 0.15) is 5.75 Å². The van der Waals surface area contributed by atoms with Gasteiger partial charge in [-0.15, -0.1) is 0 Å². The number of rotatable bonds is 1. The van der Waals surface area contributed by atoms with Crippen LogP contribution in [0.2, 0.25) is 5.02 Å². The van der Waals surface area contributed by atoms with Gasteiger partial charge >= 0.3 is 0 Å². The molecular weight excluding hydrogens is 186 g/mol. The summed E-state index contributed by atoms with van der Waals surface area (Å²) in [6.07, 6.45) is 3.19. The molecule has 1 fully saturated rings. The minimum Gasteiger partial charge on any atom is -0.506 e. The zero-order chi connectivity index (χ0) is 9.47. The summed E-state index contributed by atoms with van der Waals surface area (Å²) < 4.78 is 0. The van der Waals surface area contributed by atoms with Crippen LogP contribution < -0.4 is 5.73 Å². The lowest BCUT2D eigenvalue weighted by Gasteiger charge is -2.38. The maximum absolute atomic E-state index is 9.23. The largest absolute Gasteiger partial charge is 0.506 e. The van der Waals surface area contributed by atoms with Crippen molar-refractivity contribution in [3.63, 3.8) is 0 Å². The average Bonchev–Trinajstić information content (AvgIpc) is 2.06.